The number of carbonyl (C=O) groups is 1. The maximum Gasteiger partial charge on any atom is 0.231 e. The highest BCUT2D eigenvalue weighted by Gasteiger charge is 2.23. The lowest BCUT2D eigenvalue weighted by Gasteiger charge is -2.14. The Morgan fingerprint density at radius 1 is 1.47 bits per heavy atom. The van der Waals surface area contributed by atoms with E-state index in [1.165, 1.54) is 5.56 Å². The van der Waals surface area contributed by atoms with E-state index in [4.69, 9.17) is 5.73 Å². The molecule has 0 saturated carbocycles. The van der Waals surface area contributed by atoms with Crippen molar-refractivity contribution < 1.29 is 4.79 Å². The molecule has 1 aliphatic heterocycles. The van der Waals surface area contributed by atoms with Gasteiger partial charge >= 0.3 is 0 Å². The van der Waals surface area contributed by atoms with Crippen molar-refractivity contribution in [2.24, 2.45) is 11.7 Å². The first kappa shape index (κ1) is 12.1. The molecule has 1 unspecified atom stereocenters. The first-order valence-electron chi connectivity index (χ1n) is 6.24. The average Bonchev–Trinajstić information content (AvgIpc) is 2.62. The molecule has 1 aliphatic rings. The Hall–Kier alpha value is -1.35. The highest BCUT2D eigenvalue weighted by atomic mass is 16.2. The third kappa shape index (κ3) is 2.34. The summed E-state index contributed by atoms with van der Waals surface area (Å²) in [5.74, 6) is 0.728. The topological polar surface area (TPSA) is 46.3 Å². The minimum Gasteiger partial charge on any atom is -0.330 e. The first-order chi connectivity index (χ1) is 8.15. The second-order valence-electron chi connectivity index (χ2n) is 4.81. The van der Waals surface area contributed by atoms with Crippen molar-refractivity contribution >= 4 is 11.6 Å². The summed E-state index contributed by atoms with van der Waals surface area (Å²) in [6, 6.07) is 6.33. The van der Waals surface area contributed by atoms with Crippen LogP contribution in [0.25, 0.3) is 0 Å². The summed E-state index contributed by atoms with van der Waals surface area (Å²) in [4.78, 5) is 13.3. The second kappa shape index (κ2) is 4.88. The average molecular weight is 232 g/mol. The lowest BCUT2D eigenvalue weighted by atomic mass is 9.95. The van der Waals surface area contributed by atoms with Gasteiger partial charge in [-0.05, 0) is 36.1 Å². The molecule has 1 amide bonds. The summed E-state index contributed by atoms with van der Waals surface area (Å²) < 4.78 is 0. The Kier molecular flexibility index (Phi) is 3.48. The van der Waals surface area contributed by atoms with Crippen LogP contribution >= 0.6 is 0 Å². The van der Waals surface area contributed by atoms with Crippen molar-refractivity contribution in [3.05, 3.63) is 29.3 Å². The van der Waals surface area contributed by atoms with Gasteiger partial charge in [-0.25, -0.2) is 0 Å². The Morgan fingerprint density at radius 2 is 2.24 bits per heavy atom. The zero-order valence-electron chi connectivity index (χ0n) is 10.6. The lowest BCUT2D eigenvalue weighted by Crippen LogP contribution is -2.20. The SMILES string of the molecule is CCC(CN)Cc1ccc2c(c1)CC(=O)N2C. The molecule has 0 bridgehead atoms. The quantitative estimate of drug-likeness (QED) is 0.859. The van der Waals surface area contributed by atoms with Gasteiger partial charge in [0.15, 0.2) is 0 Å². The van der Waals surface area contributed by atoms with Gasteiger partial charge in [0.05, 0.1) is 6.42 Å². The number of hydrogen-bond acceptors (Lipinski definition) is 2. The zero-order valence-corrected chi connectivity index (χ0v) is 10.6. The number of fused-ring (bicyclic) bond motifs is 1. The Bertz CT molecular complexity index is 424. The van der Waals surface area contributed by atoms with Crippen LogP contribution in [-0.4, -0.2) is 19.5 Å². The second-order valence-corrected chi connectivity index (χ2v) is 4.81. The van der Waals surface area contributed by atoms with Crippen LogP contribution in [0.2, 0.25) is 0 Å². The van der Waals surface area contributed by atoms with Crippen LogP contribution in [0.4, 0.5) is 5.69 Å². The smallest absolute Gasteiger partial charge is 0.231 e. The summed E-state index contributed by atoms with van der Waals surface area (Å²) in [7, 11) is 1.84. The molecule has 2 rings (SSSR count). The summed E-state index contributed by atoms with van der Waals surface area (Å²) in [6.07, 6.45) is 2.66. The van der Waals surface area contributed by atoms with E-state index in [2.05, 4.69) is 25.1 Å². The molecular formula is C14H20N2O. The highest BCUT2D eigenvalue weighted by Crippen LogP contribution is 2.29. The van der Waals surface area contributed by atoms with E-state index in [9.17, 15) is 4.79 Å². The number of nitrogens with two attached hydrogens (primary N) is 1. The van der Waals surface area contributed by atoms with Crippen molar-refractivity contribution in [3.8, 4) is 0 Å². The third-order valence-electron chi connectivity index (χ3n) is 3.66. The van der Waals surface area contributed by atoms with Gasteiger partial charge in [-0.15, -0.1) is 0 Å². The van der Waals surface area contributed by atoms with E-state index < -0.39 is 0 Å². The maximum absolute atomic E-state index is 11.6. The van der Waals surface area contributed by atoms with Crippen LogP contribution in [0.1, 0.15) is 24.5 Å². The van der Waals surface area contributed by atoms with Crippen molar-refractivity contribution in [1.29, 1.82) is 0 Å². The van der Waals surface area contributed by atoms with Crippen LogP contribution in [-0.2, 0) is 17.6 Å². The molecule has 17 heavy (non-hydrogen) atoms. The molecule has 0 spiro atoms. The number of anilines is 1. The Morgan fingerprint density at radius 3 is 2.88 bits per heavy atom. The van der Waals surface area contributed by atoms with Gasteiger partial charge in [-0.3, -0.25) is 4.79 Å². The zero-order chi connectivity index (χ0) is 12.4. The van der Waals surface area contributed by atoms with Crippen molar-refractivity contribution in [2.45, 2.75) is 26.2 Å². The van der Waals surface area contributed by atoms with Gasteiger partial charge < -0.3 is 10.6 Å². The number of rotatable bonds is 4. The van der Waals surface area contributed by atoms with Gasteiger partial charge in [0.1, 0.15) is 0 Å². The maximum atomic E-state index is 11.6. The molecule has 2 N–H and O–H groups in total. The Balaban J connectivity index is 2.18. The fourth-order valence-corrected chi connectivity index (χ4v) is 2.38. The molecule has 0 saturated heterocycles. The van der Waals surface area contributed by atoms with Crippen molar-refractivity contribution in [1.82, 2.24) is 0 Å². The predicted molar refractivity (Wildman–Crippen MR) is 70.1 cm³/mol. The van der Waals surface area contributed by atoms with E-state index in [1.54, 1.807) is 4.90 Å². The standard InChI is InChI=1S/C14H20N2O/c1-3-10(9-15)6-11-4-5-13-12(7-11)8-14(17)16(13)2/h4-5,7,10H,3,6,8-9,15H2,1-2H3. The van der Waals surface area contributed by atoms with Crippen LogP contribution in [0.15, 0.2) is 18.2 Å². The van der Waals surface area contributed by atoms with E-state index in [1.807, 2.05) is 7.05 Å². The number of benzene rings is 1. The molecule has 0 aromatic heterocycles. The molecule has 1 aromatic rings. The molecule has 92 valence electrons. The largest absolute Gasteiger partial charge is 0.330 e. The number of likely N-dealkylation sites (N-methyl/N-ethyl adjacent to an activating group) is 1. The molecule has 0 aliphatic carbocycles. The summed E-state index contributed by atoms with van der Waals surface area (Å²) in [6.45, 7) is 2.90. The van der Waals surface area contributed by atoms with Crippen LogP contribution < -0.4 is 10.6 Å². The predicted octanol–water partition coefficient (Wildman–Crippen LogP) is 1.73. The minimum absolute atomic E-state index is 0.183. The molecule has 0 radical (unpaired) electrons. The molecule has 1 heterocycles. The summed E-state index contributed by atoms with van der Waals surface area (Å²) in [5.41, 5.74) is 9.23. The lowest BCUT2D eigenvalue weighted by molar-refractivity contribution is -0.117. The highest BCUT2D eigenvalue weighted by molar-refractivity contribution is 6.00. The minimum atomic E-state index is 0.183. The fourth-order valence-electron chi connectivity index (χ4n) is 2.38. The molecule has 3 nitrogen and oxygen atoms in total. The molecule has 1 atom stereocenters. The van der Waals surface area contributed by atoms with Crippen LogP contribution in [0.3, 0.4) is 0 Å². The van der Waals surface area contributed by atoms with Gasteiger partial charge in [0, 0.05) is 12.7 Å². The summed E-state index contributed by atoms with van der Waals surface area (Å²) >= 11 is 0. The van der Waals surface area contributed by atoms with Crippen LogP contribution in [0.5, 0.6) is 0 Å². The molecular weight excluding hydrogens is 212 g/mol. The van der Waals surface area contributed by atoms with Gasteiger partial charge in [0.2, 0.25) is 5.91 Å². The van der Waals surface area contributed by atoms with Gasteiger partial charge in [-0.1, -0.05) is 25.5 Å². The number of carbonyl (C=O) groups excluding carboxylic acids is 1. The normalized spacial score (nSPS) is 16.2. The Labute approximate surface area is 103 Å². The van der Waals surface area contributed by atoms with E-state index in [-0.39, 0.29) is 5.91 Å². The van der Waals surface area contributed by atoms with Gasteiger partial charge in [0.25, 0.3) is 0 Å². The molecule has 1 aromatic carbocycles. The number of amides is 1. The molecule has 0 fully saturated rings. The molecule has 3 heteroatoms. The van der Waals surface area contributed by atoms with E-state index in [0.29, 0.717) is 12.3 Å². The fraction of sp³-hybridized carbons (Fsp3) is 0.500. The summed E-state index contributed by atoms with van der Waals surface area (Å²) in [5, 5.41) is 0. The van der Waals surface area contributed by atoms with Crippen LogP contribution in [0, 0.1) is 5.92 Å². The van der Waals surface area contributed by atoms with Crippen molar-refractivity contribution in [2.75, 3.05) is 18.5 Å². The monoisotopic (exact) mass is 232 g/mol. The third-order valence-corrected chi connectivity index (χ3v) is 3.66. The van der Waals surface area contributed by atoms with E-state index in [0.717, 1.165) is 30.6 Å². The number of hydrogen-bond donors (Lipinski definition) is 1. The van der Waals surface area contributed by atoms with Gasteiger partial charge in [-0.2, -0.15) is 0 Å². The van der Waals surface area contributed by atoms with E-state index >= 15 is 0 Å². The van der Waals surface area contributed by atoms with Crippen molar-refractivity contribution in [3.63, 3.8) is 0 Å². The number of nitrogens with zero attached hydrogens (tertiary/aromatic N) is 1. The first-order valence-corrected chi connectivity index (χ1v) is 6.24.